The van der Waals surface area contributed by atoms with E-state index < -0.39 is 31.5 Å². The van der Waals surface area contributed by atoms with E-state index in [-0.39, 0.29) is 5.56 Å². The Morgan fingerprint density at radius 3 is 2.29 bits per heavy atom. The molecule has 0 aliphatic carbocycles. The molecule has 1 aromatic rings. The van der Waals surface area contributed by atoms with Crippen LogP contribution in [0.25, 0.3) is 0 Å². The third kappa shape index (κ3) is 3.08. The molecule has 0 aliphatic rings. The molecule has 0 heterocycles. The van der Waals surface area contributed by atoms with E-state index in [0.717, 1.165) is 0 Å². The van der Waals surface area contributed by atoms with E-state index in [0.29, 0.717) is 12.1 Å². The van der Waals surface area contributed by atoms with Gasteiger partial charge in [0.2, 0.25) is 9.05 Å². The van der Waals surface area contributed by atoms with Crippen LogP contribution in [0, 0.1) is 11.6 Å². The quantitative estimate of drug-likeness (QED) is 0.605. The molecule has 0 amide bonds. The van der Waals surface area contributed by atoms with Gasteiger partial charge in [-0.3, -0.25) is 0 Å². The molecular formula is C7H4Cl2F2O2S. The summed E-state index contributed by atoms with van der Waals surface area (Å²) in [6.07, 6.45) is 0. The highest BCUT2D eigenvalue weighted by atomic mass is 35.7. The van der Waals surface area contributed by atoms with Crippen molar-refractivity contribution in [1.29, 1.82) is 0 Å². The summed E-state index contributed by atoms with van der Waals surface area (Å²) >= 11 is 5.26. The van der Waals surface area contributed by atoms with Crippen molar-refractivity contribution >= 4 is 31.3 Å². The second-order valence-corrected chi connectivity index (χ2v) is 5.73. The van der Waals surface area contributed by atoms with Gasteiger partial charge in [-0.2, -0.15) is 0 Å². The van der Waals surface area contributed by atoms with Gasteiger partial charge in [0.1, 0.15) is 11.6 Å². The fourth-order valence-corrected chi connectivity index (χ4v) is 1.96. The molecule has 7 heteroatoms. The van der Waals surface area contributed by atoms with Gasteiger partial charge in [0.05, 0.1) is 10.8 Å². The first-order chi connectivity index (χ1) is 6.29. The number of halogens is 4. The molecule has 0 saturated carbocycles. The molecular weight excluding hydrogens is 257 g/mol. The maximum atomic E-state index is 13.0. The summed E-state index contributed by atoms with van der Waals surface area (Å²) in [5.41, 5.74) is -0.345. The van der Waals surface area contributed by atoms with Crippen molar-refractivity contribution in [3.05, 3.63) is 34.4 Å². The SMILES string of the molecule is O=S(=O)(Cl)Cc1cc(F)c(Cl)cc1F. The molecule has 0 aromatic heterocycles. The Kier molecular flexibility index (Phi) is 3.34. The Morgan fingerprint density at radius 2 is 1.79 bits per heavy atom. The third-order valence-electron chi connectivity index (χ3n) is 1.42. The van der Waals surface area contributed by atoms with Gasteiger partial charge in [-0.1, -0.05) is 11.6 Å². The van der Waals surface area contributed by atoms with Gasteiger partial charge in [-0.05, 0) is 12.1 Å². The summed E-state index contributed by atoms with van der Waals surface area (Å²) < 4.78 is 47.0. The highest BCUT2D eigenvalue weighted by Crippen LogP contribution is 2.21. The molecule has 2 nitrogen and oxygen atoms in total. The fraction of sp³-hybridized carbons (Fsp3) is 0.143. The van der Waals surface area contributed by atoms with E-state index in [9.17, 15) is 17.2 Å². The minimum atomic E-state index is -3.91. The second-order valence-electron chi connectivity index (χ2n) is 2.54. The number of benzene rings is 1. The molecule has 0 bridgehead atoms. The molecule has 0 aliphatic heterocycles. The van der Waals surface area contributed by atoms with Crippen LogP contribution in [-0.4, -0.2) is 8.42 Å². The first-order valence-electron chi connectivity index (χ1n) is 3.35. The molecule has 0 unspecified atom stereocenters. The Balaban J connectivity index is 3.17. The van der Waals surface area contributed by atoms with Crippen molar-refractivity contribution in [3.8, 4) is 0 Å². The number of hydrogen-bond acceptors (Lipinski definition) is 2. The number of rotatable bonds is 2. The molecule has 0 saturated heterocycles. The highest BCUT2D eigenvalue weighted by molar-refractivity contribution is 8.13. The summed E-state index contributed by atoms with van der Waals surface area (Å²) in [6.45, 7) is 0. The maximum absolute atomic E-state index is 13.0. The van der Waals surface area contributed by atoms with E-state index in [4.69, 9.17) is 22.3 Å². The molecule has 14 heavy (non-hydrogen) atoms. The van der Waals surface area contributed by atoms with Crippen molar-refractivity contribution in [1.82, 2.24) is 0 Å². The fourth-order valence-electron chi connectivity index (χ4n) is 0.860. The van der Waals surface area contributed by atoms with E-state index in [1.165, 1.54) is 0 Å². The van der Waals surface area contributed by atoms with Crippen LogP contribution in [0.4, 0.5) is 8.78 Å². The zero-order chi connectivity index (χ0) is 10.9. The van der Waals surface area contributed by atoms with Gasteiger partial charge in [0.25, 0.3) is 0 Å². The molecule has 78 valence electrons. The van der Waals surface area contributed by atoms with Crippen LogP contribution in [0.15, 0.2) is 12.1 Å². The largest absolute Gasteiger partial charge is 0.236 e. The lowest BCUT2D eigenvalue weighted by atomic mass is 10.2. The molecule has 0 fully saturated rings. The summed E-state index contributed by atoms with van der Waals surface area (Å²) in [5.74, 6) is -2.56. The van der Waals surface area contributed by atoms with E-state index in [2.05, 4.69) is 0 Å². The van der Waals surface area contributed by atoms with Crippen LogP contribution in [0.5, 0.6) is 0 Å². The lowest BCUT2D eigenvalue weighted by Crippen LogP contribution is -1.99. The molecule has 0 radical (unpaired) electrons. The van der Waals surface area contributed by atoms with Crippen molar-refractivity contribution in [2.75, 3.05) is 0 Å². The standard InChI is InChI=1S/C7H4Cl2F2O2S/c8-5-2-6(10)4(1-7(5)11)3-14(9,12)13/h1-2H,3H2. The van der Waals surface area contributed by atoms with Crippen LogP contribution in [0.3, 0.4) is 0 Å². The minimum Gasteiger partial charge on any atom is -0.212 e. The Morgan fingerprint density at radius 1 is 1.21 bits per heavy atom. The predicted octanol–water partition coefficient (Wildman–Crippen LogP) is 2.69. The third-order valence-corrected chi connectivity index (χ3v) is 2.69. The first-order valence-corrected chi connectivity index (χ1v) is 6.21. The van der Waals surface area contributed by atoms with Crippen LogP contribution >= 0.6 is 22.3 Å². The Labute approximate surface area is 88.9 Å². The van der Waals surface area contributed by atoms with Gasteiger partial charge < -0.3 is 0 Å². The summed E-state index contributed by atoms with van der Waals surface area (Å²) in [4.78, 5) is 0. The summed E-state index contributed by atoms with van der Waals surface area (Å²) in [7, 11) is 0.975. The van der Waals surface area contributed by atoms with Crippen molar-refractivity contribution in [2.24, 2.45) is 0 Å². The minimum absolute atomic E-state index is 0.345. The molecule has 0 atom stereocenters. The second kappa shape index (κ2) is 4.00. The monoisotopic (exact) mass is 260 g/mol. The average molecular weight is 261 g/mol. The first kappa shape index (κ1) is 11.7. The Bertz CT molecular complexity index is 459. The number of hydrogen-bond donors (Lipinski definition) is 0. The van der Waals surface area contributed by atoms with E-state index in [1.807, 2.05) is 0 Å². The topological polar surface area (TPSA) is 34.1 Å². The van der Waals surface area contributed by atoms with E-state index in [1.54, 1.807) is 0 Å². The maximum Gasteiger partial charge on any atom is 0.236 e. The molecule has 1 aromatic carbocycles. The van der Waals surface area contributed by atoms with Crippen molar-refractivity contribution < 1.29 is 17.2 Å². The van der Waals surface area contributed by atoms with Crippen LogP contribution in [0.1, 0.15) is 5.56 Å². The molecule has 0 spiro atoms. The molecule has 1 rings (SSSR count). The van der Waals surface area contributed by atoms with Gasteiger partial charge >= 0.3 is 0 Å². The smallest absolute Gasteiger partial charge is 0.212 e. The van der Waals surface area contributed by atoms with Gasteiger partial charge in [-0.15, -0.1) is 0 Å². The van der Waals surface area contributed by atoms with Crippen LogP contribution in [-0.2, 0) is 14.8 Å². The van der Waals surface area contributed by atoms with Gasteiger partial charge in [-0.25, -0.2) is 17.2 Å². The zero-order valence-corrected chi connectivity index (χ0v) is 8.93. The lowest BCUT2D eigenvalue weighted by molar-refractivity contribution is 0.584. The summed E-state index contributed by atoms with van der Waals surface area (Å²) in [6, 6.07) is 1.41. The lowest BCUT2D eigenvalue weighted by Gasteiger charge is -2.01. The van der Waals surface area contributed by atoms with Gasteiger partial charge in [0.15, 0.2) is 0 Å². The summed E-state index contributed by atoms with van der Waals surface area (Å²) in [5, 5.41) is -0.404. The van der Waals surface area contributed by atoms with Crippen LogP contribution in [0.2, 0.25) is 5.02 Å². The zero-order valence-electron chi connectivity index (χ0n) is 6.60. The van der Waals surface area contributed by atoms with Crippen molar-refractivity contribution in [2.45, 2.75) is 5.75 Å². The van der Waals surface area contributed by atoms with E-state index >= 15 is 0 Å². The van der Waals surface area contributed by atoms with Crippen LogP contribution < -0.4 is 0 Å². The molecule has 0 N–H and O–H groups in total. The van der Waals surface area contributed by atoms with Crippen molar-refractivity contribution in [3.63, 3.8) is 0 Å². The average Bonchev–Trinajstić information content (AvgIpc) is 1.97. The predicted molar refractivity (Wildman–Crippen MR) is 49.8 cm³/mol. The highest BCUT2D eigenvalue weighted by Gasteiger charge is 2.14. The Hall–Kier alpha value is -0.390. The van der Waals surface area contributed by atoms with Gasteiger partial charge in [0, 0.05) is 16.2 Å². The normalized spacial score (nSPS) is 11.7.